The van der Waals surface area contributed by atoms with Gasteiger partial charge in [0.25, 0.3) is 11.8 Å². The summed E-state index contributed by atoms with van der Waals surface area (Å²) in [5.41, 5.74) is 2.88. The summed E-state index contributed by atoms with van der Waals surface area (Å²) in [5, 5.41) is 2.88. The number of nitrogens with zero attached hydrogens (tertiary/aromatic N) is 3. The highest BCUT2D eigenvalue weighted by Gasteiger charge is 2.21. The molecule has 0 aliphatic carbocycles. The molecular weight excluding hydrogens is 632 g/mol. The molecule has 3 aromatic rings. The molecule has 0 bridgehead atoms. The van der Waals surface area contributed by atoms with Gasteiger partial charge in [-0.1, -0.05) is 18.2 Å². The smallest absolute Gasteiger partial charge is 0.259 e. The van der Waals surface area contributed by atoms with Crippen LogP contribution in [0.3, 0.4) is 0 Å². The van der Waals surface area contributed by atoms with Crippen molar-refractivity contribution >= 4 is 41.5 Å². The number of carbonyl (C=O) groups excluding carboxylic acids is 3. The Kier molecular flexibility index (Phi) is 14.6. The van der Waals surface area contributed by atoms with Gasteiger partial charge in [0.15, 0.2) is 0 Å². The Morgan fingerprint density at radius 1 is 0.896 bits per heavy atom. The van der Waals surface area contributed by atoms with E-state index in [1.165, 1.54) is 7.11 Å². The summed E-state index contributed by atoms with van der Waals surface area (Å²) in [6.45, 7) is 9.72. The number of para-hydroxylation sites is 1. The Bertz CT molecular complexity index is 1540. The molecule has 1 saturated heterocycles. The number of ether oxygens (including phenoxy) is 3. The van der Waals surface area contributed by atoms with E-state index >= 15 is 0 Å². The lowest BCUT2D eigenvalue weighted by Gasteiger charge is -2.32. The number of likely N-dealkylation sites (N-methyl/N-ethyl adjacent to an activating group) is 1. The Morgan fingerprint density at radius 2 is 1.62 bits per heavy atom. The molecule has 10 nitrogen and oxygen atoms in total. The normalized spacial score (nSPS) is 13.0. The highest BCUT2D eigenvalue weighted by Crippen LogP contribution is 2.32. The molecule has 0 saturated carbocycles. The van der Waals surface area contributed by atoms with E-state index in [2.05, 4.69) is 17.3 Å². The zero-order chi connectivity index (χ0) is 33.9. The highest BCUT2D eigenvalue weighted by molar-refractivity contribution is 6.09. The average Bonchev–Trinajstić information content (AvgIpc) is 3.06. The molecule has 1 N–H and O–H groups in total. The summed E-state index contributed by atoms with van der Waals surface area (Å²) in [6.07, 6.45) is 2.98. The minimum atomic E-state index is -0.348. The Hall–Kier alpha value is -4.28. The van der Waals surface area contributed by atoms with Crippen LogP contribution in [0, 0.1) is 6.92 Å². The van der Waals surface area contributed by atoms with Crippen LogP contribution in [-0.2, 0) is 4.79 Å². The van der Waals surface area contributed by atoms with E-state index in [1.54, 1.807) is 48.3 Å². The standard InChI is InChI=1S/C37H48N4O6.ClH/c1-26(2)47-32-13-10-9-12-29(32)36(43)38-30-17-16-28(25-33(30)45-6)37(44)40(5)31-18-15-27(3)24-34(31)46-23-11-7-8-14-35(42)41-21-19-39(4)20-22-41;/h9-10,12-13,15-18,24-26H,7-8,11,14,19-23H2,1-6H3,(H,38,43);1H. The molecule has 3 amide bonds. The molecule has 11 heteroatoms. The second-order valence-corrected chi connectivity index (χ2v) is 12.2. The van der Waals surface area contributed by atoms with Crippen LogP contribution in [0.15, 0.2) is 60.7 Å². The quantitative estimate of drug-likeness (QED) is 0.195. The molecule has 1 aliphatic heterocycles. The van der Waals surface area contributed by atoms with Gasteiger partial charge >= 0.3 is 0 Å². The van der Waals surface area contributed by atoms with Gasteiger partial charge in [0.2, 0.25) is 5.91 Å². The summed E-state index contributed by atoms with van der Waals surface area (Å²) in [7, 11) is 5.28. The number of hydrogen-bond donors (Lipinski definition) is 1. The van der Waals surface area contributed by atoms with Gasteiger partial charge in [-0.25, -0.2) is 0 Å². The van der Waals surface area contributed by atoms with Crippen LogP contribution in [0.25, 0.3) is 0 Å². The van der Waals surface area contributed by atoms with E-state index in [4.69, 9.17) is 14.2 Å². The topological polar surface area (TPSA) is 101 Å². The van der Waals surface area contributed by atoms with E-state index in [0.717, 1.165) is 51.0 Å². The Labute approximate surface area is 290 Å². The summed E-state index contributed by atoms with van der Waals surface area (Å²) in [5.74, 6) is 1.08. The third kappa shape index (κ3) is 10.4. The number of aryl methyl sites for hydroxylation is 1. The van der Waals surface area contributed by atoms with Crippen LogP contribution >= 0.6 is 12.4 Å². The third-order valence-corrected chi connectivity index (χ3v) is 8.12. The van der Waals surface area contributed by atoms with Crippen LogP contribution < -0.4 is 24.4 Å². The second kappa shape index (κ2) is 18.3. The van der Waals surface area contributed by atoms with Gasteiger partial charge in [0.05, 0.1) is 36.8 Å². The molecule has 4 rings (SSSR count). The van der Waals surface area contributed by atoms with E-state index < -0.39 is 0 Å². The summed E-state index contributed by atoms with van der Waals surface area (Å²) in [6, 6.07) is 17.7. The second-order valence-electron chi connectivity index (χ2n) is 12.2. The van der Waals surface area contributed by atoms with Gasteiger partial charge in [-0.05, 0) is 95.1 Å². The molecule has 1 heterocycles. The van der Waals surface area contributed by atoms with Gasteiger partial charge in [-0.3, -0.25) is 14.4 Å². The third-order valence-electron chi connectivity index (χ3n) is 8.12. The van der Waals surface area contributed by atoms with Crippen molar-refractivity contribution in [3.05, 3.63) is 77.4 Å². The zero-order valence-electron chi connectivity index (χ0n) is 28.9. The number of rotatable bonds is 14. The predicted octanol–water partition coefficient (Wildman–Crippen LogP) is 6.45. The maximum absolute atomic E-state index is 13.7. The lowest BCUT2D eigenvalue weighted by Crippen LogP contribution is -2.47. The van der Waals surface area contributed by atoms with Crippen molar-refractivity contribution < 1.29 is 28.6 Å². The van der Waals surface area contributed by atoms with Gasteiger partial charge in [0, 0.05) is 45.2 Å². The maximum Gasteiger partial charge on any atom is 0.259 e. The van der Waals surface area contributed by atoms with Gasteiger partial charge in [0.1, 0.15) is 17.2 Å². The van der Waals surface area contributed by atoms with Crippen molar-refractivity contribution in [2.24, 2.45) is 0 Å². The number of methoxy groups -OCH3 is 1. The molecule has 0 unspecified atom stereocenters. The van der Waals surface area contributed by atoms with Crippen molar-refractivity contribution in [3.63, 3.8) is 0 Å². The maximum atomic E-state index is 13.7. The van der Waals surface area contributed by atoms with Gasteiger partial charge in [-0.15, -0.1) is 12.4 Å². The van der Waals surface area contributed by atoms with E-state index in [-0.39, 0.29) is 36.2 Å². The molecular formula is C37H49ClN4O6. The Balaban J connectivity index is 0.00000625. The van der Waals surface area contributed by atoms with E-state index in [9.17, 15) is 14.4 Å². The van der Waals surface area contributed by atoms with Crippen LogP contribution in [0.2, 0.25) is 0 Å². The highest BCUT2D eigenvalue weighted by atomic mass is 35.5. The van der Waals surface area contributed by atoms with E-state index in [0.29, 0.717) is 52.8 Å². The summed E-state index contributed by atoms with van der Waals surface area (Å²) >= 11 is 0. The molecule has 1 aliphatic rings. The minimum Gasteiger partial charge on any atom is -0.495 e. The van der Waals surface area contributed by atoms with Crippen LogP contribution in [0.1, 0.15) is 65.8 Å². The first-order valence-electron chi connectivity index (χ1n) is 16.3. The molecule has 0 aromatic heterocycles. The van der Waals surface area contributed by atoms with Crippen molar-refractivity contribution in [3.8, 4) is 17.2 Å². The summed E-state index contributed by atoms with van der Waals surface area (Å²) in [4.78, 5) is 45.1. The number of anilines is 2. The monoisotopic (exact) mass is 680 g/mol. The number of carbonyl (C=O) groups is 3. The predicted molar refractivity (Wildman–Crippen MR) is 192 cm³/mol. The molecule has 48 heavy (non-hydrogen) atoms. The average molecular weight is 681 g/mol. The fourth-order valence-corrected chi connectivity index (χ4v) is 5.40. The Morgan fingerprint density at radius 3 is 2.33 bits per heavy atom. The van der Waals surface area contributed by atoms with Crippen molar-refractivity contribution in [1.82, 2.24) is 9.80 Å². The molecule has 0 radical (unpaired) electrons. The number of hydrogen-bond acceptors (Lipinski definition) is 7. The van der Waals surface area contributed by atoms with Crippen molar-refractivity contribution in [2.45, 2.75) is 52.6 Å². The van der Waals surface area contributed by atoms with Crippen LogP contribution in [0.5, 0.6) is 17.2 Å². The summed E-state index contributed by atoms with van der Waals surface area (Å²) < 4.78 is 17.5. The first-order chi connectivity index (χ1) is 22.6. The van der Waals surface area contributed by atoms with Crippen molar-refractivity contribution in [1.29, 1.82) is 0 Å². The SMILES string of the molecule is COc1cc(C(=O)N(C)c2ccc(C)cc2OCCCCCC(=O)N2CCN(C)CC2)ccc1NC(=O)c1ccccc1OC(C)C.Cl. The largest absolute Gasteiger partial charge is 0.495 e. The lowest BCUT2D eigenvalue weighted by atomic mass is 10.1. The lowest BCUT2D eigenvalue weighted by molar-refractivity contribution is -0.132. The fourth-order valence-electron chi connectivity index (χ4n) is 5.40. The molecule has 3 aromatic carbocycles. The van der Waals surface area contributed by atoms with Gasteiger partial charge in [-0.2, -0.15) is 0 Å². The van der Waals surface area contributed by atoms with Gasteiger partial charge < -0.3 is 34.2 Å². The fraction of sp³-hybridized carbons (Fsp3) is 0.432. The molecule has 1 fully saturated rings. The first-order valence-corrected chi connectivity index (χ1v) is 16.3. The van der Waals surface area contributed by atoms with E-state index in [1.807, 2.05) is 49.9 Å². The van der Waals surface area contributed by atoms with Crippen LogP contribution in [-0.4, -0.2) is 87.6 Å². The minimum absolute atomic E-state index is 0. The zero-order valence-corrected chi connectivity index (χ0v) is 29.7. The number of benzene rings is 3. The van der Waals surface area contributed by atoms with Crippen molar-refractivity contribution in [2.75, 3.05) is 64.2 Å². The number of halogens is 1. The first kappa shape index (κ1) is 38.2. The number of piperazine rings is 1. The number of amides is 3. The molecule has 260 valence electrons. The van der Waals surface area contributed by atoms with Crippen LogP contribution in [0.4, 0.5) is 11.4 Å². The molecule has 0 atom stereocenters. The molecule has 0 spiro atoms. The number of nitrogens with one attached hydrogen (secondary N) is 1. The number of unbranched alkanes of at least 4 members (excludes halogenated alkanes) is 2.